The lowest BCUT2D eigenvalue weighted by molar-refractivity contribution is -0.142. The zero-order chi connectivity index (χ0) is 17.5. The normalized spacial score (nSPS) is 10.6. The van der Waals surface area contributed by atoms with Gasteiger partial charge in [-0.2, -0.15) is 0 Å². The number of rotatable bonds is 5. The Labute approximate surface area is 149 Å². The smallest absolute Gasteiger partial charge is 0.331 e. The third-order valence-electron chi connectivity index (χ3n) is 3.35. The number of hydrogen-bond acceptors (Lipinski definition) is 3. The monoisotopic (exact) mass is 387 g/mol. The summed E-state index contributed by atoms with van der Waals surface area (Å²) in [7, 11) is 0. The molecule has 0 saturated heterocycles. The number of halogens is 1. The van der Waals surface area contributed by atoms with Crippen LogP contribution in [0.5, 0.6) is 0 Å². The van der Waals surface area contributed by atoms with Crippen molar-refractivity contribution in [2.24, 2.45) is 0 Å². The van der Waals surface area contributed by atoms with Gasteiger partial charge >= 0.3 is 5.97 Å². The molecule has 0 aromatic heterocycles. The van der Waals surface area contributed by atoms with Gasteiger partial charge in [0.1, 0.15) is 0 Å². The van der Waals surface area contributed by atoms with E-state index in [0.29, 0.717) is 0 Å². The van der Waals surface area contributed by atoms with Crippen LogP contribution < -0.4 is 5.32 Å². The summed E-state index contributed by atoms with van der Waals surface area (Å²) in [5, 5.41) is 2.77. The lowest BCUT2D eigenvalue weighted by Crippen LogP contribution is -2.21. The summed E-state index contributed by atoms with van der Waals surface area (Å²) in [6, 6.07) is 13.2. The summed E-state index contributed by atoms with van der Waals surface area (Å²) < 4.78 is 5.88. The Kier molecular flexibility index (Phi) is 6.32. The van der Waals surface area contributed by atoms with Crippen LogP contribution in [-0.2, 0) is 14.3 Å². The van der Waals surface area contributed by atoms with E-state index in [0.717, 1.165) is 26.9 Å². The number of para-hydroxylation sites is 1. The van der Waals surface area contributed by atoms with Crippen molar-refractivity contribution in [3.8, 4) is 0 Å². The number of esters is 1. The Balaban J connectivity index is 1.86. The van der Waals surface area contributed by atoms with E-state index >= 15 is 0 Å². The van der Waals surface area contributed by atoms with Crippen molar-refractivity contribution in [3.05, 3.63) is 69.7 Å². The van der Waals surface area contributed by atoms with E-state index in [2.05, 4.69) is 21.2 Å². The zero-order valence-corrected chi connectivity index (χ0v) is 15.1. The summed E-state index contributed by atoms with van der Waals surface area (Å²) in [6.45, 7) is 3.50. The number of aryl methyl sites for hydroxylation is 2. The molecule has 0 heterocycles. The molecule has 0 aliphatic heterocycles. The minimum absolute atomic E-state index is 0.324. The molecule has 0 atom stereocenters. The largest absolute Gasteiger partial charge is 0.452 e. The molecule has 0 aliphatic carbocycles. The van der Waals surface area contributed by atoms with Gasteiger partial charge in [0, 0.05) is 16.2 Å². The topological polar surface area (TPSA) is 55.4 Å². The number of hydrogen-bond donors (Lipinski definition) is 1. The Morgan fingerprint density at radius 3 is 2.46 bits per heavy atom. The van der Waals surface area contributed by atoms with Crippen LogP contribution >= 0.6 is 15.9 Å². The van der Waals surface area contributed by atoms with Crippen molar-refractivity contribution in [3.63, 3.8) is 0 Å². The number of amides is 1. The van der Waals surface area contributed by atoms with E-state index in [1.807, 2.05) is 56.3 Å². The van der Waals surface area contributed by atoms with Crippen molar-refractivity contribution < 1.29 is 14.3 Å². The molecule has 0 bridgehead atoms. The van der Waals surface area contributed by atoms with Crippen LogP contribution in [0.1, 0.15) is 16.7 Å². The standard InChI is InChI=1S/C19H18BrNO3/c1-13-5-3-6-14(2)19(13)21-17(22)12-24-18(23)10-9-15-7-4-8-16(20)11-15/h3-11H,12H2,1-2H3,(H,21,22)/b10-9+. The van der Waals surface area contributed by atoms with E-state index in [4.69, 9.17) is 4.74 Å². The predicted octanol–water partition coefficient (Wildman–Crippen LogP) is 4.26. The van der Waals surface area contributed by atoms with Gasteiger partial charge < -0.3 is 10.1 Å². The lowest BCUT2D eigenvalue weighted by Gasteiger charge is -2.11. The molecule has 0 spiro atoms. The molecule has 2 rings (SSSR count). The fourth-order valence-corrected chi connectivity index (χ4v) is 2.56. The lowest BCUT2D eigenvalue weighted by atomic mass is 10.1. The molecular weight excluding hydrogens is 370 g/mol. The van der Waals surface area contributed by atoms with E-state index in [1.54, 1.807) is 6.08 Å². The molecule has 1 N–H and O–H groups in total. The van der Waals surface area contributed by atoms with Gasteiger partial charge in [-0.1, -0.05) is 46.3 Å². The first-order valence-electron chi connectivity index (χ1n) is 7.42. The van der Waals surface area contributed by atoms with Crippen LogP contribution in [0.3, 0.4) is 0 Å². The fourth-order valence-electron chi connectivity index (χ4n) is 2.15. The van der Waals surface area contributed by atoms with E-state index < -0.39 is 5.97 Å². The van der Waals surface area contributed by atoms with Gasteiger partial charge in [-0.3, -0.25) is 4.79 Å². The SMILES string of the molecule is Cc1cccc(C)c1NC(=O)COC(=O)/C=C/c1cccc(Br)c1. The third kappa shape index (κ3) is 5.35. The molecule has 4 nitrogen and oxygen atoms in total. The first kappa shape index (κ1) is 17.9. The molecule has 0 aliphatic rings. The third-order valence-corrected chi connectivity index (χ3v) is 3.84. The summed E-state index contributed by atoms with van der Waals surface area (Å²) in [6.07, 6.45) is 2.94. The van der Waals surface area contributed by atoms with Gasteiger partial charge in [0.15, 0.2) is 6.61 Å². The molecule has 2 aromatic carbocycles. The van der Waals surface area contributed by atoms with Crippen LogP contribution in [0.25, 0.3) is 6.08 Å². The van der Waals surface area contributed by atoms with Gasteiger partial charge in [-0.05, 0) is 48.7 Å². The maximum atomic E-state index is 11.9. The molecule has 0 fully saturated rings. The van der Waals surface area contributed by atoms with Crippen LogP contribution in [-0.4, -0.2) is 18.5 Å². The van der Waals surface area contributed by atoms with E-state index in [9.17, 15) is 9.59 Å². The molecule has 2 aromatic rings. The quantitative estimate of drug-likeness (QED) is 0.615. The number of carbonyl (C=O) groups excluding carboxylic acids is 2. The molecule has 24 heavy (non-hydrogen) atoms. The van der Waals surface area contributed by atoms with Gasteiger partial charge in [0.2, 0.25) is 0 Å². The highest BCUT2D eigenvalue weighted by atomic mass is 79.9. The zero-order valence-electron chi connectivity index (χ0n) is 13.5. The average Bonchev–Trinajstić information content (AvgIpc) is 2.54. The summed E-state index contributed by atoms with van der Waals surface area (Å²) >= 11 is 3.36. The molecule has 124 valence electrons. The second-order valence-electron chi connectivity index (χ2n) is 5.31. The summed E-state index contributed by atoms with van der Waals surface area (Å²) in [5.41, 5.74) is 3.54. The van der Waals surface area contributed by atoms with Crippen molar-refractivity contribution in [2.45, 2.75) is 13.8 Å². The van der Waals surface area contributed by atoms with Crippen molar-refractivity contribution in [1.82, 2.24) is 0 Å². The number of nitrogens with one attached hydrogen (secondary N) is 1. The number of carbonyl (C=O) groups is 2. The van der Waals surface area contributed by atoms with Crippen molar-refractivity contribution >= 4 is 39.6 Å². The highest BCUT2D eigenvalue weighted by Gasteiger charge is 2.09. The van der Waals surface area contributed by atoms with Gasteiger partial charge in [0.25, 0.3) is 5.91 Å². The average molecular weight is 388 g/mol. The Morgan fingerprint density at radius 2 is 1.79 bits per heavy atom. The number of ether oxygens (including phenoxy) is 1. The van der Waals surface area contributed by atoms with Gasteiger partial charge in [0.05, 0.1) is 0 Å². The Morgan fingerprint density at radius 1 is 1.12 bits per heavy atom. The number of anilines is 1. The first-order valence-corrected chi connectivity index (χ1v) is 8.21. The molecule has 1 amide bonds. The molecular formula is C19H18BrNO3. The summed E-state index contributed by atoms with van der Waals surface area (Å²) in [4.78, 5) is 23.6. The van der Waals surface area contributed by atoms with Crippen molar-refractivity contribution in [1.29, 1.82) is 0 Å². The van der Waals surface area contributed by atoms with Crippen LogP contribution in [0.4, 0.5) is 5.69 Å². The van der Waals surface area contributed by atoms with E-state index in [-0.39, 0.29) is 12.5 Å². The summed E-state index contributed by atoms with van der Waals surface area (Å²) in [5.74, 6) is -0.928. The number of benzene rings is 2. The van der Waals surface area contributed by atoms with E-state index in [1.165, 1.54) is 6.08 Å². The fraction of sp³-hybridized carbons (Fsp3) is 0.158. The highest BCUT2D eigenvalue weighted by Crippen LogP contribution is 2.19. The second kappa shape index (κ2) is 8.45. The minimum Gasteiger partial charge on any atom is -0.452 e. The maximum absolute atomic E-state index is 11.9. The van der Waals surface area contributed by atoms with Gasteiger partial charge in [-0.15, -0.1) is 0 Å². The Hall–Kier alpha value is -2.40. The predicted molar refractivity (Wildman–Crippen MR) is 98.7 cm³/mol. The highest BCUT2D eigenvalue weighted by molar-refractivity contribution is 9.10. The van der Waals surface area contributed by atoms with Gasteiger partial charge in [-0.25, -0.2) is 4.79 Å². The first-order chi connectivity index (χ1) is 11.5. The van der Waals surface area contributed by atoms with Crippen LogP contribution in [0.2, 0.25) is 0 Å². The van der Waals surface area contributed by atoms with Crippen molar-refractivity contribution in [2.75, 3.05) is 11.9 Å². The van der Waals surface area contributed by atoms with Crippen LogP contribution in [0, 0.1) is 13.8 Å². The molecule has 0 radical (unpaired) electrons. The molecule has 5 heteroatoms. The Bertz CT molecular complexity index is 764. The minimum atomic E-state index is -0.563. The van der Waals surface area contributed by atoms with Crippen LogP contribution in [0.15, 0.2) is 53.0 Å². The molecule has 0 unspecified atom stereocenters. The maximum Gasteiger partial charge on any atom is 0.331 e. The molecule has 0 saturated carbocycles. The second-order valence-corrected chi connectivity index (χ2v) is 6.23.